The molecule has 0 saturated heterocycles. The molecule has 146 valence electrons. The quantitative estimate of drug-likeness (QED) is 0.678. The van der Waals surface area contributed by atoms with Crippen LogP contribution < -0.4 is 10.1 Å². The fourth-order valence-electron chi connectivity index (χ4n) is 2.26. The largest absolute Gasteiger partial charge is 0.435 e. The number of nitrogens with one attached hydrogen (secondary N) is 1. The maximum Gasteiger partial charge on any atom is 0.387 e. The molecule has 0 fully saturated rings. The average Bonchev–Trinajstić information content (AvgIpc) is 2.61. The van der Waals surface area contributed by atoms with E-state index in [1.54, 1.807) is 12.1 Å². The van der Waals surface area contributed by atoms with Crippen molar-refractivity contribution in [1.82, 2.24) is 5.32 Å². The van der Waals surface area contributed by atoms with Gasteiger partial charge in [-0.25, -0.2) is 8.42 Å². The maximum atomic E-state index is 12.2. The van der Waals surface area contributed by atoms with Gasteiger partial charge < -0.3 is 10.1 Å². The SMILES string of the molecule is O=C(CCS(=O)(=O)c1ccc(Cl)cc1)NCCc1ccc(OC(F)F)cc1. The number of rotatable bonds is 9. The minimum Gasteiger partial charge on any atom is -0.435 e. The van der Waals surface area contributed by atoms with Crippen molar-refractivity contribution < 1.29 is 26.7 Å². The molecule has 0 radical (unpaired) electrons. The summed E-state index contributed by atoms with van der Waals surface area (Å²) in [6, 6.07) is 11.8. The normalized spacial score (nSPS) is 11.4. The van der Waals surface area contributed by atoms with Crippen LogP contribution in [0.4, 0.5) is 8.78 Å². The Morgan fingerprint density at radius 3 is 2.30 bits per heavy atom. The second-order valence-corrected chi connectivity index (χ2v) is 8.19. The topological polar surface area (TPSA) is 72.5 Å². The van der Waals surface area contributed by atoms with Crippen LogP contribution in [0, 0.1) is 0 Å². The second-order valence-electron chi connectivity index (χ2n) is 5.65. The molecule has 0 heterocycles. The number of halogens is 3. The van der Waals surface area contributed by atoms with Gasteiger partial charge in [-0.15, -0.1) is 0 Å². The van der Waals surface area contributed by atoms with E-state index in [0.717, 1.165) is 5.56 Å². The second kappa shape index (κ2) is 9.66. The third kappa shape index (κ3) is 7.15. The predicted molar refractivity (Wildman–Crippen MR) is 97.9 cm³/mol. The van der Waals surface area contributed by atoms with E-state index in [1.807, 2.05) is 0 Å². The lowest BCUT2D eigenvalue weighted by molar-refractivity contribution is -0.120. The Hall–Kier alpha value is -2.19. The third-order valence-electron chi connectivity index (χ3n) is 3.65. The Bertz CT molecular complexity index is 856. The van der Waals surface area contributed by atoms with Crippen LogP contribution in [0.3, 0.4) is 0 Å². The van der Waals surface area contributed by atoms with Gasteiger partial charge in [-0.05, 0) is 48.4 Å². The highest BCUT2D eigenvalue weighted by atomic mass is 35.5. The van der Waals surface area contributed by atoms with Crippen LogP contribution in [0.15, 0.2) is 53.4 Å². The molecular formula is C18H18ClF2NO4S. The van der Waals surface area contributed by atoms with Crippen molar-refractivity contribution in [2.45, 2.75) is 24.3 Å². The van der Waals surface area contributed by atoms with Crippen molar-refractivity contribution >= 4 is 27.3 Å². The fourth-order valence-corrected chi connectivity index (χ4v) is 3.63. The molecule has 5 nitrogen and oxygen atoms in total. The summed E-state index contributed by atoms with van der Waals surface area (Å²) < 4.78 is 52.7. The summed E-state index contributed by atoms with van der Waals surface area (Å²) in [5.74, 6) is -0.629. The van der Waals surface area contributed by atoms with Crippen molar-refractivity contribution in [3.05, 3.63) is 59.1 Å². The molecule has 0 spiro atoms. The fraction of sp³-hybridized carbons (Fsp3) is 0.278. The van der Waals surface area contributed by atoms with Crippen LogP contribution in [0.5, 0.6) is 5.75 Å². The van der Waals surface area contributed by atoms with Gasteiger partial charge in [0.15, 0.2) is 9.84 Å². The van der Waals surface area contributed by atoms with E-state index >= 15 is 0 Å². The van der Waals surface area contributed by atoms with Crippen LogP contribution >= 0.6 is 11.6 Å². The summed E-state index contributed by atoms with van der Waals surface area (Å²) in [5.41, 5.74) is 0.825. The van der Waals surface area contributed by atoms with Crippen molar-refractivity contribution in [3.63, 3.8) is 0 Å². The number of benzene rings is 2. The van der Waals surface area contributed by atoms with E-state index in [2.05, 4.69) is 10.1 Å². The maximum absolute atomic E-state index is 12.2. The van der Waals surface area contributed by atoms with Crippen LogP contribution in [-0.2, 0) is 21.1 Å². The van der Waals surface area contributed by atoms with Crippen LogP contribution in [0.2, 0.25) is 5.02 Å². The molecule has 2 rings (SSSR count). The van der Waals surface area contributed by atoms with E-state index in [4.69, 9.17) is 11.6 Å². The van der Waals surface area contributed by atoms with Gasteiger partial charge in [0.25, 0.3) is 0 Å². The Morgan fingerprint density at radius 2 is 1.70 bits per heavy atom. The zero-order valence-corrected chi connectivity index (χ0v) is 15.8. The number of hydrogen-bond donors (Lipinski definition) is 1. The summed E-state index contributed by atoms with van der Waals surface area (Å²) in [6.45, 7) is -2.58. The van der Waals surface area contributed by atoms with Crippen LogP contribution in [-0.4, -0.2) is 33.2 Å². The molecule has 2 aromatic rings. The van der Waals surface area contributed by atoms with E-state index in [9.17, 15) is 22.0 Å². The highest BCUT2D eigenvalue weighted by molar-refractivity contribution is 7.91. The van der Waals surface area contributed by atoms with Crippen molar-refractivity contribution in [2.24, 2.45) is 0 Å². The molecule has 9 heteroatoms. The van der Waals surface area contributed by atoms with E-state index < -0.39 is 16.4 Å². The number of carbonyl (C=O) groups is 1. The summed E-state index contributed by atoms with van der Waals surface area (Å²) in [6.07, 6.45) is 0.316. The number of hydrogen-bond acceptors (Lipinski definition) is 4. The lowest BCUT2D eigenvalue weighted by Crippen LogP contribution is -2.27. The molecule has 0 aromatic heterocycles. The van der Waals surface area contributed by atoms with Crippen molar-refractivity contribution in [2.75, 3.05) is 12.3 Å². The molecule has 0 aliphatic rings. The van der Waals surface area contributed by atoms with Gasteiger partial charge in [-0.3, -0.25) is 4.79 Å². The highest BCUT2D eigenvalue weighted by Crippen LogP contribution is 2.16. The monoisotopic (exact) mass is 417 g/mol. The first-order valence-corrected chi connectivity index (χ1v) is 10.1. The molecule has 1 amide bonds. The first-order valence-electron chi connectivity index (χ1n) is 8.05. The van der Waals surface area contributed by atoms with Crippen LogP contribution in [0.25, 0.3) is 0 Å². The molecule has 0 aliphatic carbocycles. The van der Waals surface area contributed by atoms with Gasteiger partial charge in [0.1, 0.15) is 5.75 Å². The third-order valence-corrected chi connectivity index (χ3v) is 5.64. The lowest BCUT2D eigenvalue weighted by atomic mass is 10.1. The lowest BCUT2D eigenvalue weighted by Gasteiger charge is -2.08. The van der Waals surface area contributed by atoms with Gasteiger partial charge >= 0.3 is 6.61 Å². The smallest absolute Gasteiger partial charge is 0.387 e. The molecule has 0 aliphatic heterocycles. The van der Waals surface area contributed by atoms with Crippen molar-refractivity contribution in [3.8, 4) is 5.75 Å². The number of amides is 1. The van der Waals surface area contributed by atoms with E-state index in [1.165, 1.54) is 36.4 Å². The Kier molecular flexibility index (Phi) is 7.55. The molecule has 0 bridgehead atoms. The van der Waals surface area contributed by atoms with E-state index in [-0.39, 0.29) is 28.7 Å². The van der Waals surface area contributed by atoms with Gasteiger partial charge in [-0.2, -0.15) is 8.78 Å². The van der Waals surface area contributed by atoms with Crippen LogP contribution in [0.1, 0.15) is 12.0 Å². The molecule has 2 aromatic carbocycles. The number of alkyl halides is 2. The first kappa shape index (κ1) is 21.1. The highest BCUT2D eigenvalue weighted by Gasteiger charge is 2.16. The van der Waals surface area contributed by atoms with Crippen molar-refractivity contribution in [1.29, 1.82) is 0 Å². The zero-order chi connectivity index (χ0) is 19.9. The van der Waals surface area contributed by atoms with E-state index in [0.29, 0.717) is 18.0 Å². The van der Waals surface area contributed by atoms with Gasteiger partial charge in [-0.1, -0.05) is 23.7 Å². The summed E-state index contributed by atoms with van der Waals surface area (Å²) in [5, 5.41) is 3.07. The Labute approximate surface area is 161 Å². The number of sulfone groups is 1. The van der Waals surface area contributed by atoms with Gasteiger partial charge in [0.05, 0.1) is 10.6 Å². The number of ether oxygens (including phenoxy) is 1. The summed E-state index contributed by atoms with van der Waals surface area (Å²) in [4.78, 5) is 12.0. The minimum absolute atomic E-state index is 0.0604. The minimum atomic E-state index is -3.56. The Balaban J connectivity index is 1.75. The van der Waals surface area contributed by atoms with Gasteiger partial charge in [0, 0.05) is 18.0 Å². The predicted octanol–water partition coefficient (Wildman–Crippen LogP) is 3.46. The molecule has 27 heavy (non-hydrogen) atoms. The first-order chi connectivity index (χ1) is 12.8. The summed E-state index contributed by atoms with van der Waals surface area (Å²) in [7, 11) is -3.56. The standard InChI is InChI=1S/C18H18ClF2NO4S/c19-14-3-7-16(8-4-14)27(24,25)12-10-17(23)22-11-9-13-1-5-15(6-2-13)26-18(20)21/h1-8,18H,9-12H2,(H,22,23). The molecular weight excluding hydrogens is 400 g/mol. The molecule has 1 N–H and O–H groups in total. The average molecular weight is 418 g/mol. The van der Waals surface area contributed by atoms with Gasteiger partial charge in [0.2, 0.25) is 5.91 Å². The number of carbonyl (C=O) groups excluding carboxylic acids is 1. The summed E-state index contributed by atoms with van der Waals surface area (Å²) >= 11 is 5.73. The zero-order valence-electron chi connectivity index (χ0n) is 14.2. The molecule has 0 saturated carbocycles. The molecule has 0 unspecified atom stereocenters. The Morgan fingerprint density at radius 1 is 1.07 bits per heavy atom. The molecule has 0 atom stereocenters.